The smallest absolute Gasteiger partial charge is 0.240 e. The second-order valence-electron chi connectivity index (χ2n) is 5.02. The summed E-state index contributed by atoms with van der Waals surface area (Å²) in [6.07, 6.45) is 1.71. The van der Waals surface area contributed by atoms with Crippen molar-refractivity contribution in [3.05, 3.63) is 29.3 Å². The van der Waals surface area contributed by atoms with E-state index >= 15 is 0 Å². The summed E-state index contributed by atoms with van der Waals surface area (Å²) < 4.78 is 32.2. The van der Waals surface area contributed by atoms with Crippen LogP contribution < -0.4 is 10.0 Å². The van der Waals surface area contributed by atoms with E-state index in [0.717, 1.165) is 24.1 Å². The van der Waals surface area contributed by atoms with E-state index < -0.39 is 10.0 Å². The standard InChI is InChI=1S/C15H26N2O3S/c1-4-8-16-12-14-7-6-13(2)15(11-14)21(18,19)17-9-5-10-20-3/h6-7,11,16-17H,4-5,8-10,12H2,1-3H3. The number of nitrogens with one attached hydrogen (secondary N) is 2. The molecule has 0 heterocycles. The molecule has 2 N–H and O–H groups in total. The third-order valence-electron chi connectivity index (χ3n) is 3.12. The molecular weight excluding hydrogens is 288 g/mol. The van der Waals surface area contributed by atoms with Crippen LogP contribution in [0.3, 0.4) is 0 Å². The quantitative estimate of drug-likeness (QED) is 0.646. The van der Waals surface area contributed by atoms with Crippen LogP contribution in [0, 0.1) is 6.92 Å². The number of sulfonamides is 1. The van der Waals surface area contributed by atoms with E-state index in [1.54, 1.807) is 13.2 Å². The highest BCUT2D eigenvalue weighted by Crippen LogP contribution is 2.17. The molecule has 5 nitrogen and oxygen atoms in total. The third-order valence-corrected chi connectivity index (χ3v) is 4.72. The summed E-state index contributed by atoms with van der Waals surface area (Å²) in [6.45, 7) is 6.44. The lowest BCUT2D eigenvalue weighted by Gasteiger charge is -2.11. The van der Waals surface area contributed by atoms with Gasteiger partial charge in [-0.2, -0.15) is 0 Å². The number of hydrogen-bond donors (Lipinski definition) is 2. The lowest BCUT2D eigenvalue weighted by atomic mass is 10.1. The predicted molar refractivity (Wildman–Crippen MR) is 84.9 cm³/mol. The fourth-order valence-electron chi connectivity index (χ4n) is 1.95. The van der Waals surface area contributed by atoms with Crippen molar-refractivity contribution in [3.8, 4) is 0 Å². The van der Waals surface area contributed by atoms with E-state index in [4.69, 9.17) is 4.74 Å². The Bertz CT molecular complexity index is 530. The normalized spacial score (nSPS) is 11.8. The molecule has 0 aromatic heterocycles. The van der Waals surface area contributed by atoms with E-state index in [9.17, 15) is 8.42 Å². The van der Waals surface area contributed by atoms with Crippen LogP contribution in [-0.2, 0) is 21.3 Å². The lowest BCUT2D eigenvalue weighted by molar-refractivity contribution is 0.196. The van der Waals surface area contributed by atoms with Crippen LogP contribution in [0.25, 0.3) is 0 Å². The minimum Gasteiger partial charge on any atom is -0.385 e. The van der Waals surface area contributed by atoms with E-state index in [1.165, 1.54) is 0 Å². The first kappa shape index (κ1) is 18.1. The van der Waals surface area contributed by atoms with Gasteiger partial charge in [-0.15, -0.1) is 0 Å². The summed E-state index contributed by atoms with van der Waals surface area (Å²) in [5.41, 5.74) is 1.74. The van der Waals surface area contributed by atoms with Crippen molar-refractivity contribution in [1.82, 2.24) is 10.0 Å². The Balaban J connectivity index is 2.77. The van der Waals surface area contributed by atoms with Crippen LogP contribution in [0.1, 0.15) is 30.9 Å². The zero-order valence-corrected chi connectivity index (χ0v) is 13.9. The van der Waals surface area contributed by atoms with E-state index in [1.807, 2.05) is 19.1 Å². The summed E-state index contributed by atoms with van der Waals surface area (Å²) in [5, 5.41) is 3.28. The number of ether oxygens (including phenoxy) is 1. The van der Waals surface area contributed by atoms with Crippen LogP contribution in [0.5, 0.6) is 0 Å². The molecule has 0 fully saturated rings. The van der Waals surface area contributed by atoms with Crippen molar-refractivity contribution >= 4 is 10.0 Å². The molecule has 0 amide bonds. The molecule has 0 unspecified atom stereocenters. The number of hydrogen-bond acceptors (Lipinski definition) is 4. The van der Waals surface area contributed by atoms with Gasteiger partial charge in [0.25, 0.3) is 0 Å². The first-order valence-electron chi connectivity index (χ1n) is 7.30. The maximum Gasteiger partial charge on any atom is 0.240 e. The highest BCUT2D eigenvalue weighted by Gasteiger charge is 2.16. The van der Waals surface area contributed by atoms with Crippen LogP contribution in [0.2, 0.25) is 0 Å². The van der Waals surface area contributed by atoms with Gasteiger partial charge in [-0.1, -0.05) is 19.1 Å². The van der Waals surface area contributed by atoms with Gasteiger partial charge in [-0.05, 0) is 43.5 Å². The fourth-order valence-corrected chi connectivity index (χ4v) is 3.32. The predicted octanol–water partition coefficient (Wildman–Crippen LogP) is 1.81. The van der Waals surface area contributed by atoms with Crippen molar-refractivity contribution in [3.63, 3.8) is 0 Å². The second kappa shape index (κ2) is 9.15. The van der Waals surface area contributed by atoms with Gasteiger partial charge in [-0.25, -0.2) is 13.1 Å². The van der Waals surface area contributed by atoms with Crippen molar-refractivity contribution in [2.45, 2.75) is 38.1 Å². The first-order valence-corrected chi connectivity index (χ1v) is 8.78. The van der Waals surface area contributed by atoms with Gasteiger partial charge >= 0.3 is 0 Å². The topological polar surface area (TPSA) is 67.4 Å². The van der Waals surface area contributed by atoms with E-state index in [2.05, 4.69) is 17.0 Å². The highest BCUT2D eigenvalue weighted by atomic mass is 32.2. The van der Waals surface area contributed by atoms with Gasteiger partial charge in [0.15, 0.2) is 0 Å². The van der Waals surface area contributed by atoms with Gasteiger partial charge in [-0.3, -0.25) is 0 Å². The molecular formula is C15H26N2O3S. The Morgan fingerprint density at radius 2 is 2.00 bits per heavy atom. The molecule has 120 valence electrons. The summed E-state index contributed by atoms with van der Waals surface area (Å²) >= 11 is 0. The minimum atomic E-state index is -3.46. The molecule has 0 bridgehead atoms. The maximum atomic E-state index is 12.3. The van der Waals surface area contributed by atoms with Gasteiger partial charge in [0.2, 0.25) is 10.0 Å². The zero-order chi connectivity index (χ0) is 15.7. The van der Waals surface area contributed by atoms with E-state index in [0.29, 0.717) is 31.0 Å². The summed E-state index contributed by atoms with van der Waals surface area (Å²) in [6, 6.07) is 5.56. The van der Waals surface area contributed by atoms with Crippen molar-refractivity contribution in [2.24, 2.45) is 0 Å². The largest absolute Gasteiger partial charge is 0.385 e. The minimum absolute atomic E-state index is 0.357. The first-order chi connectivity index (χ1) is 10.0. The summed E-state index contributed by atoms with van der Waals surface area (Å²) in [5.74, 6) is 0. The third kappa shape index (κ3) is 6.13. The molecule has 1 aromatic rings. The molecule has 0 aliphatic carbocycles. The average Bonchev–Trinajstić information content (AvgIpc) is 2.45. The Hall–Kier alpha value is -0.950. The molecule has 0 saturated heterocycles. The number of methoxy groups -OCH3 is 1. The number of rotatable bonds is 10. The molecule has 0 aliphatic heterocycles. The lowest BCUT2D eigenvalue weighted by Crippen LogP contribution is -2.26. The molecule has 21 heavy (non-hydrogen) atoms. The van der Waals surface area contributed by atoms with Gasteiger partial charge < -0.3 is 10.1 Å². The fraction of sp³-hybridized carbons (Fsp3) is 0.600. The van der Waals surface area contributed by atoms with Crippen LogP contribution in [-0.4, -0.2) is 35.2 Å². The monoisotopic (exact) mass is 314 g/mol. The summed E-state index contributed by atoms with van der Waals surface area (Å²) in [7, 11) is -1.86. The van der Waals surface area contributed by atoms with Gasteiger partial charge in [0.1, 0.15) is 0 Å². The Morgan fingerprint density at radius 1 is 1.24 bits per heavy atom. The molecule has 0 saturated carbocycles. The molecule has 0 spiro atoms. The van der Waals surface area contributed by atoms with Crippen LogP contribution in [0.15, 0.2) is 23.1 Å². The Labute approximate surface area is 128 Å². The second-order valence-corrected chi connectivity index (χ2v) is 6.76. The zero-order valence-electron chi connectivity index (χ0n) is 13.1. The van der Waals surface area contributed by atoms with Crippen LogP contribution >= 0.6 is 0 Å². The average molecular weight is 314 g/mol. The molecule has 6 heteroatoms. The van der Waals surface area contributed by atoms with Crippen molar-refractivity contribution < 1.29 is 13.2 Å². The molecule has 1 aromatic carbocycles. The van der Waals surface area contributed by atoms with E-state index in [-0.39, 0.29) is 0 Å². The van der Waals surface area contributed by atoms with Gasteiger partial charge in [0.05, 0.1) is 4.90 Å². The molecule has 0 aliphatic rings. The summed E-state index contributed by atoms with van der Waals surface area (Å²) in [4.78, 5) is 0.357. The molecule has 0 radical (unpaired) electrons. The van der Waals surface area contributed by atoms with Crippen molar-refractivity contribution in [2.75, 3.05) is 26.8 Å². The highest BCUT2D eigenvalue weighted by molar-refractivity contribution is 7.89. The SMILES string of the molecule is CCCNCc1ccc(C)c(S(=O)(=O)NCCCOC)c1. The number of aryl methyl sites for hydroxylation is 1. The Morgan fingerprint density at radius 3 is 2.67 bits per heavy atom. The maximum absolute atomic E-state index is 12.3. The van der Waals surface area contributed by atoms with Crippen LogP contribution in [0.4, 0.5) is 0 Å². The Kier molecular flexibility index (Phi) is 7.88. The molecule has 1 rings (SSSR count). The van der Waals surface area contributed by atoms with Crippen molar-refractivity contribution in [1.29, 1.82) is 0 Å². The molecule has 0 atom stereocenters. The number of benzene rings is 1. The van der Waals surface area contributed by atoms with Gasteiger partial charge in [0, 0.05) is 26.8 Å².